The van der Waals surface area contributed by atoms with Gasteiger partial charge in [0.1, 0.15) is 0 Å². The van der Waals surface area contributed by atoms with E-state index >= 15 is 0 Å². The van der Waals surface area contributed by atoms with E-state index in [2.05, 4.69) is 0 Å². The molecule has 1 aromatic rings. The topological polar surface area (TPSA) is 60.9 Å². The molecule has 1 aromatic carbocycles. The van der Waals surface area contributed by atoms with Gasteiger partial charge in [-0.2, -0.15) is 0 Å². The summed E-state index contributed by atoms with van der Waals surface area (Å²) in [6.45, 7) is 1.65. The highest BCUT2D eigenvalue weighted by Crippen LogP contribution is 2.20. The van der Waals surface area contributed by atoms with Gasteiger partial charge in [0.25, 0.3) is 5.91 Å². The van der Waals surface area contributed by atoms with Crippen molar-refractivity contribution in [2.45, 2.75) is 6.42 Å². The molecule has 1 fully saturated rings. The van der Waals surface area contributed by atoms with Crippen molar-refractivity contribution in [3.8, 4) is 0 Å². The summed E-state index contributed by atoms with van der Waals surface area (Å²) in [7, 11) is 0. The Morgan fingerprint density at radius 1 is 0.950 bits per heavy atom. The third-order valence-electron chi connectivity index (χ3n) is 3.16. The number of amides is 2. The van der Waals surface area contributed by atoms with Gasteiger partial charge in [-0.1, -0.05) is 23.2 Å². The molecule has 0 unspecified atom stereocenters. The second kappa shape index (κ2) is 6.33. The van der Waals surface area contributed by atoms with Crippen LogP contribution in [0.2, 0.25) is 10.0 Å². The van der Waals surface area contributed by atoms with Crippen LogP contribution in [-0.2, 0) is 0 Å². The fourth-order valence-electron chi connectivity index (χ4n) is 2.17. The molecule has 0 spiro atoms. The summed E-state index contributed by atoms with van der Waals surface area (Å²) in [4.78, 5) is 26.3. The van der Waals surface area contributed by atoms with Gasteiger partial charge in [0, 0.05) is 41.8 Å². The highest BCUT2D eigenvalue weighted by Gasteiger charge is 2.22. The monoisotopic (exact) mass is 316 g/mol. The predicted octanol–water partition coefficient (Wildman–Crippen LogP) is 2.82. The lowest BCUT2D eigenvalue weighted by Crippen LogP contribution is -2.36. The minimum Gasteiger partial charge on any atom is -0.465 e. The number of halogens is 2. The first-order valence-corrected chi connectivity index (χ1v) is 6.96. The molecule has 0 aromatic heterocycles. The summed E-state index contributed by atoms with van der Waals surface area (Å²) in [6.07, 6.45) is -0.336. The maximum Gasteiger partial charge on any atom is 0.407 e. The lowest BCUT2D eigenvalue weighted by molar-refractivity contribution is 0.0759. The largest absolute Gasteiger partial charge is 0.465 e. The molecule has 2 rings (SSSR count). The van der Waals surface area contributed by atoms with E-state index in [0.29, 0.717) is 48.2 Å². The van der Waals surface area contributed by atoms with Gasteiger partial charge in [0.2, 0.25) is 0 Å². The Kier molecular flexibility index (Phi) is 4.73. The average Bonchev–Trinajstić information content (AvgIpc) is 2.62. The van der Waals surface area contributed by atoms with E-state index in [-0.39, 0.29) is 5.91 Å². The van der Waals surface area contributed by atoms with E-state index in [1.165, 1.54) is 4.90 Å². The van der Waals surface area contributed by atoms with E-state index in [0.717, 1.165) is 0 Å². The van der Waals surface area contributed by atoms with E-state index < -0.39 is 6.09 Å². The number of hydrogen-bond acceptors (Lipinski definition) is 2. The Bertz CT molecular complexity index is 516. The Hall–Kier alpha value is -1.46. The molecule has 1 saturated heterocycles. The molecule has 1 aliphatic rings. The number of nitrogens with zero attached hydrogens (tertiary/aromatic N) is 2. The number of benzene rings is 1. The van der Waals surface area contributed by atoms with Crippen molar-refractivity contribution in [1.29, 1.82) is 0 Å². The minimum atomic E-state index is -0.954. The van der Waals surface area contributed by atoms with Crippen LogP contribution in [-0.4, -0.2) is 53.1 Å². The summed E-state index contributed by atoms with van der Waals surface area (Å²) >= 11 is 11.8. The second-order valence-electron chi connectivity index (χ2n) is 4.57. The Balaban J connectivity index is 2.11. The lowest BCUT2D eigenvalue weighted by Gasteiger charge is -2.21. The van der Waals surface area contributed by atoms with E-state index in [1.54, 1.807) is 23.1 Å². The Morgan fingerprint density at radius 2 is 1.50 bits per heavy atom. The van der Waals surface area contributed by atoms with Crippen LogP contribution in [0.4, 0.5) is 4.79 Å². The third kappa shape index (κ3) is 3.55. The molecular weight excluding hydrogens is 303 g/mol. The van der Waals surface area contributed by atoms with Crippen molar-refractivity contribution in [3.63, 3.8) is 0 Å². The SMILES string of the molecule is O=C(O)N1CCCN(C(=O)c2cc(Cl)cc(Cl)c2)CC1. The summed E-state index contributed by atoms with van der Waals surface area (Å²) in [6, 6.07) is 4.69. The van der Waals surface area contributed by atoms with Crippen LogP contribution >= 0.6 is 23.2 Å². The zero-order valence-electron chi connectivity index (χ0n) is 10.7. The van der Waals surface area contributed by atoms with E-state index in [4.69, 9.17) is 28.3 Å². The number of carbonyl (C=O) groups is 2. The predicted molar refractivity (Wildman–Crippen MR) is 76.6 cm³/mol. The number of hydrogen-bond donors (Lipinski definition) is 1. The van der Waals surface area contributed by atoms with E-state index in [1.807, 2.05) is 0 Å². The van der Waals surface area contributed by atoms with Gasteiger partial charge in [-0.25, -0.2) is 4.79 Å². The third-order valence-corrected chi connectivity index (χ3v) is 3.60. The van der Waals surface area contributed by atoms with Gasteiger partial charge >= 0.3 is 6.09 Å². The van der Waals surface area contributed by atoms with E-state index in [9.17, 15) is 9.59 Å². The smallest absolute Gasteiger partial charge is 0.407 e. The zero-order valence-corrected chi connectivity index (χ0v) is 12.2. The molecule has 1 N–H and O–H groups in total. The summed E-state index contributed by atoms with van der Waals surface area (Å²) < 4.78 is 0. The van der Waals surface area contributed by atoms with Gasteiger partial charge < -0.3 is 14.9 Å². The molecule has 0 bridgehead atoms. The maximum atomic E-state index is 12.4. The van der Waals surface area contributed by atoms with Crippen LogP contribution in [0.15, 0.2) is 18.2 Å². The number of rotatable bonds is 1. The fraction of sp³-hybridized carbons (Fsp3) is 0.385. The van der Waals surface area contributed by atoms with Crippen molar-refractivity contribution in [1.82, 2.24) is 9.80 Å². The second-order valence-corrected chi connectivity index (χ2v) is 5.45. The first kappa shape index (κ1) is 14.9. The molecule has 5 nitrogen and oxygen atoms in total. The molecule has 0 saturated carbocycles. The van der Waals surface area contributed by atoms with Crippen LogP contribution < -0.4 is 0 Å². The van der Waals surface area contributed by atoms with Crippen LogP contribution in [0.5, 0.6) is 0 Å². The molecule has 20 heavy (non-hydrogen) atoms. The van der Waals surface area contributed by atoms with Gasteiger partial charge in [-0.3, -0.25) is 4.79 Å². The quantitative estimate of drug-likeness (QED) is 0.866. The molecule has 0 radical (unpaired) electrons. The molecule has 0 aliphatic carbocycles. The normalized spacial score (nSPS) is 15.9. The Morgan fingerprint density at radius 3 is 2.10 bits per heavy atom. The lowest BCUT2D eigenvalue weighted by atomic mass is 10.2. The Labute approximate surface area is 126 Å². The number of carbonyl (C=O) groups excluding carboxylic acids is 1. The zero-order chi connectivity index (χ0) is 14.7. The molecule has 0 atom stereocenters. The molecular formula is C13H14Cl2N2O3. The van der Waals surface area contributed by atoms with Gasteiger partial charge in [0.05, 0.1) is 0 Å². The van der Waals surface area contributed by atoms with Crippen LogP contribution in [0.3, 0.4) is 0 Å². The highest BCUT2D eigenvalue weighted by atomic mass is 35.5. The van der Waals surface area contributed by atoms with Gasteiger partial charge in [-0.05, 0) is 24.6 Å². The summed E-state index contributed by atoms with van der Waals surface area (Å²) in [5.74, 6) is -0.179. The highest BCUT2D eigenvalue weighted by molar-refractivity contribution is 6.35. The van der Waals surface area contributed by atoms with Gasteiger partial charge in [-0.15, -0.1) is 0 Å². The van der Waals surface area contributed by atoms with Gasteiger partial charge in [0.15, 0.2) is 0 Å². The maximum absolute atomic E-state index is 12.4. The molecule has 2 amide bonds. The molecule has 108 valence electrons. The van der Waals surface area contributed by atoms with Crippen molar-refractivity contribution >= 4 is 35.2 Å². The van der Waals surface area contributed by atoms with Crippen molar-refractivity contribution in [2.24, 2.45) is 0 Å². The van der Waals surface area contributed by atoms with Crippen molar-refractivity contribution in [2.75, 3.05) is 26.2 Å². The summed E-state index contributed by atoms with van der Waals surface area (Å²) in [5, 5.41) is 9.78. The minimum absolute atomic E-state index is 0.179. The average molecular weight is 317 g/mol. The molecule has 1 heterocycles. The standard InChI is InChI=1S/C13H14Cl2N2O3/c14-10-6-9(7-11(15)8-10)12(18)16-2-1-3-17(5-4-16)13(19)20/h6-8H,1-5H2,(H,19,20). The van der Waals surface area contributed by atoms with Crippen molar-refractivity contribution < 1.29 is 14.7 Å². The fourth-order valence-corrected chi connectivity index (χ4v) is 2.70. The van der Waals surface area contributed by atoms with Crippen LogP contribution in [0, 0.1) is 0 Å². The molecule has 7 heteroatoms. The van der Waals surface area contributed by atoms with Crippen molar-refractivity contribution in [3.05, 3.63) is 33.8 Å². The number of carboxylic acid groups (broad SMARTS) is 1. The molecule has 1 aliphatic heterocycles. The van der Waals surface area contributed by atoms with Crippen LogP contribution in [0.1, 0.15) is 16.8 Å². The first-order valence-electron chi connectivity index (χ1n) is 6.20. The van der Waals surface area contributed by atoms with Crippen LogP contribution in [0.25, 0.3) is 0 Å². The first-order chi connectivity index (χ1) is 9.47. The summed E-state index contributed by atoms with van der Waals surface area (Å²) in [5.41, 5.74) is 0.422.